The Hall–Kier alpha value is -4.33. The number of carbonyl (C=O) groups excluding carboxylic acids is 2. The Morgan fingerprint density at radius 3 is 2.54 bits per heavy atom. The van der Waals surface area contributed by atoms with Crippen LogP contribution in [0.3, 0.4) is 0 Å². The quantitative estimate of drug-likeness (QED) is 0.0770. The summed E-state index contributed by atoms with van der Waals surface area (Å²) in [6.07, 6.45) is 3.89. The number of methoxy groups -OCH3 is 1. The van der Waals surface area contributed by atoms with Crippen LogP contribution >= 0.6 is 23.2 Å². The van der Waals surface area contributed by atoms with Gasteiger partial charge in [-0.1, -0.05) is 65.7 Å². The lowest BCUT2D eigenvalue weighted by Gasteiger charge is -2.12. The van der Waals surface area contributed by atoms with Gasteiger partial charge >= 0.3 is 5.97 Å². The van der Waals surface area contributed by atoms with Crippen molar-refractivity contribution in [2.24, 2.45) is 5.10 Å². The van der Waals surface area contributed by atoms with Gasteiger partial charge in [-0.15, -0.1) is 6.58 Å². The lowest BCUT2D eigenvalue weighted by Crippen LogP contribution is -2.24. The zero-order chi connectivity index (χ0) is 27.8. The summed E-state index contributed by atoms with van der Waals surface area (Å²) in [6.45, 7) is 3.44. The lowest BCUT2D eigenvalue weighted by atomic mass is 10.0. The predicted molar refractivity (Wildman–Crippen MR) is 153 cm³/mol. The Balaban J connectivity index is 1.49. The first kappa shape index (κ1) is 27.7. The number of amides is 1. The minimum atomic E-state index is -0.660. The predicted octanol–water partition coefficient (Wildman–Crippen LogP) is 6.63. The average molecular weight is 563 g/mol. The molecular formula is C30H24Cl2N2O5. The van der Waals surface area contributed by atoms with E-state index in [2.05, 4.69) is 17.1 Å². The van der Waals surface area contributed by atoms with Crippen molar-refractivity contribution >= 4 is 52.1 Å². The number of hydrazone groups is 1. The van der Waals surface area contributed by atoms with Crippen molar-refractivity contribution in [1.82, 2.24) is 5.43 Å². The summed E-state index contributed by atoms with van der Waals surface area (Å²) in [5.74, 6) is 0.0211. The number of hydrogen-bond donors (Lipinski definition) is 1. The fourth-order valence-electron chi connectivity index (χ4n) is 3.78. The molecular weight excluding hydrogens is 539 g/mol. The average Bonchev–Trinajstić information content (AvgIpc) is 2.93. The molecule has 4 aromatic rings. The van der Waals surface area contributed by atoms with Crippen molar-refractivity contribution in [3.8, 4) is 17.2 Å². The second-order valence-electron chi connectivity index (χ2n) is 8.27. The molecule has 4 aromatic carbocycles. The largest absolute Gasteiger partial charge is 0.493 e. The summed E-state index contributed by atoms with van der Waals surface area (Å²) in [6, 6.07) is 20.9. The first-order valence-electron chi connectivity index (χ1n) is 11.8. The highest BCUT2D eigenvalue weighted by Crippen LogP contribution is 2.30. The van der Waals surface area contributed by atoms with Gasteiger partial charge in [0.2, 0.25) is 0 Å². The highest BCUT2D eigenvalue weighted by molar-refractivity contribution is 6.36. The van der Waals surface area contributed by atoms with Crippen LogP contribution in [0.15, 0.2) is 90.6 Å². The first-order valence-corrected chi connectivity index (χ1v) is 12.6. The standard InChI is InChI=1S/C30H24Cl2N2O5/c1-3-6-19-9-13-27(28(15-19)37-2)38-18-29(35)34-33-17-24-22-8-5-4-7-20(22)10-14-26(24)39-30(36)23-12-11-21(31)16-25(23)32/h3-5,7-17H,1,6,18H2,2H3,(H,34,35)/b33-17+. The molecule has 0 aromatic heterocycles. The molecule has 0 saturated heterocycles. The number of carbonyl (C=O) groups is 2. The number of esters is 1. The molecule has 0 aliphatic heterocycles. The SMILES string of the molecule is C=CCc1ccc(OCC(=O)N/N=C/c2c(OC(=O)c3ccc(Cl)cc3Cl)ccc3ccccc23)c(OC)c1. The summed E-state index contributed by atoms with van der Waals surface area (Å²) in [7, 11) is 1.53. The molecule has 1 N–H and O–H groups in total. The van der Waals surface area contributed by atoms with Gasteiger partial charge < -0.3 is 14.2 Å². The van der Waals surface area contributed by atoms with Gasteiger partial charge in [0.25, 0.3) is 5.91 Å². The number of benzene rings is 4. The maximum Gasteiger partial charge on any atom is 0.345 e. The number of rotatable bonds is 10. The smallest absolute Gasteiger partial charge is 0.345 e. The second-order valence-corrected chi connectivity index (χ2v) is 9.12. The van der Waals surface area contributed by atoms with Crippen molar-refractivity contribution in [1.29, 1.82) is 0 Å². The van der Waals surface area contributed by atoms with Crippen LogP contribution < -0.4 is 19.6 Å². The van der Waals surface area contributed by atoms with E-state index in [4.69, 9.17) is 37.4 Å². The Labute approximate surface area is 235 Å². The molecule has 0 saturated carbocycles. The van der Waals surface area contributed by atoms with E-state index in [1.165, 1.54) is 25.5 Å². The van der Waals surface area contributed by atoms with Crippen LogP contribution in [-0.4, -0.2) is 31.8 Å². The van der Waals surface area contributed by atoms with Crippen LogP contribution in [0, 0.1) is 0 Å². The number of hydrogen-bond acceptors (Lipinski definition) is 6. The fourth-order valence-corrected chi connectivity index (χ4v) is 4.26. The summed E-state index contributed by atoms with van der Waals surface area (Å²) in [4.78, 5) is 25.3. The van der Waals surface area contributed by atoms with E-state index < -0.39 is 11.9 Å². The van der Waals surface area contributed by atoms with Crippen LogP contribution in [-0.2, 0) is 11.2 Å². The molecule has 7 nitrogen and oxygen atoms in total. The van der Waals surface area contributed by atoms with Gasteiger partial charge in [0, 0.05) is 10.6 Å². The van der Waals surface area contributed by atoms with Gasteiger partial charge in [0.1, 0.15) is 5.75 Å². The molecule has 0 aliphatic carbocycles. The van der Waals surface area contributed by atoms with Crippen molar-refractivity contribution < 1.29 is 23.8 Å². The number of halogens is 2. The fraction of sp³-hybridized carbons (Fsp3) is 0.100. The summed E-state index contributed by atoms with van der Waals surface area (Å²) >= 11 is 12.1. The van der Waals surface area contributed by atoms with Crippen LogP contribution in [0.1, 0.15) is 21.5 Å². The highest BCUT2D eigenvalue weighted by atomic mass is 35.5. The van der Waals surface area contributed by atoms with Gasteiger partial charge in [-0.05, 0) is 59.2 Å². The number of fused-ring (bicyclic) bond motifs is 1. The van der Waals surface area contributed by atoms with Gasteiger partial charge in [0.15, 0.2) is 18.1 Å². The molecule has 0 bridgehead atoms. The van der Waals surface area contributed by atoms with Gasteiger partial charge in [0.05, 0.1) is 23.9 Å². The number of ether oxygens (including phenoxy) is 3. The Bertz CT molecular complexity index is 1570. The van der Waals surface area contributed by atoms with Gasteiger partial charge in [-0.2, -0.15) is 5.10 Å². The molecule has 4 rings (SSSR count). The monoisotopic (exact) mass is 562 g/mol. The zero-order valence-corrected chi connectivity index (χ0v) is 22.5. The number of nitrogens with zero attached hydrogens (tertiary/aromatic N) is 1. The van der Waals surface area contributed by atoms with Crippen LogP contribution in [0.4, 0.5) is 0 Å². The molecule has 0 heterocycles. The summed E-state index contributed by atoms with van der Waals surface area (Å²) in [5, 5.41) is 6.30. The highest BCUT2D eigenvalue weighted by Gasteiger charge is 2.16. The Kier molecular flexibility index (Phi) is 9.20. The van der Waals surface area contributed by atoms with Crippen molar-refractivity contribution in [2.45, 2.75) is 6.42 Å². The van der Waals surface area contributed by atoms with E-state index in [-0.39, 0.29) is 22.9 Å². The Morgan fingerprint density at radius 1 is 0.974 bits per heavy atom. The summed E-state index contributed by atoms with van der Waals surface area (Å²) < 4.78 is 16.6. The van der Waals surface area contributed by atoms with Crippen LogP contribution in [0.2, 0.25) is 10.0 Å². The van der Waals surface area contributed by atoms with E-state index >= 15 is 0 Å². The lowest BCUT2D eigenvalue weighted by molar-refractivity contribution is -0.123. The third kappa shape index (κ3) is 6.96. The molecule has 39 heavy (non-hydrogen) atoms. The van der Waals surface area contributed by atoms with Crippen molar-refractivity contribution in [3.05, 3.63) is 112 Å². The molecule has 198 valence electrons. The molecule has 0 spiro atoms. The van der Waals surface area contributed by atoms with Crippen LogP contribution in [0.25, 0.3) is 10.8 Å². The zero-order valence-electron chi connectivity index (χ0n) is 20.9. The van der Waals surface area contributed by atoms with E-state index in [0.29, 0.717) is 28.5 Å². The summed E-state index contributed by atoms with van der Waals surface area (Å²) in [5.41, 5.74) is 4.10. The van der Waals surface area contributed by atoms with E-state index in [9.17, 15) is 9.59 Å². The topological polar surface area (TPSA) is 86.2 Å². The third-order valence-electron chi connectivity index (χ3n) is 5.63. The minimum absolute atomic E-state index is 0.163. The maximum atomic E-state index is 12.9. The number of allylic oxidation sites excluding steroid dienone is 1. The van der Waals surface area contributed by atoms with E-state index in [1.807, 2.05) is 42.5 Å². The second kappa shape index (κ2) is 13.0. The number of nitrogens with one attached hydrogen (secondary N) is 1. The van der Waals surface area contributed by atoms with E-state index in [0.717, 1.165) is 16.3 Å². The molecule has 9 heteroatoms. The van der Waals surface area contributed by atoms with E-state index in [1.54, 1.807) is 24.3 Å². The molecule has 0 aliphatic rings. The molecule has 1 amide bonds. The van der Waals surface area contributed by atoms with Gasteiger partial charge in [-0.3, -0.25) is 4.79 Å². The molecule has 0 radical (unpaired) electrons. The third-order valence-corrected chi connectivity index (χ3v) is 6.18. The molecule has 0 unspecified atom stereocenters. The Morgan fingerprint density at radius 2 is 1.77 bits per heavy atom. The molecule has 0 fully saturated rings. The first-order chi connectivity index (χ1) is 18.9. The minimum Gasteiger partial charge on any atom is -0.493 e. The maximum absolute atomic E-state index is 12.9. The van der Waals surface area contributed by atoms with Gasteiger partial charge in [-0.25, -0.2) is 10.2 Å². The van der Waals surface area contributed by atoms with Crippen molar-refractivity contribution in [3.63, 3.8) is 0 Å². The molecule has 0 atom stereocenters. The van der Waals surface area contributed by atoms with Crippen LogP contribution in [0.5, 0.6) is 17.2 Å². The van der Waals surface area contributed by atoms with Crippen molar-refractivity contribution in [2.75, 3.05) is 13.7 Å². The normalized spacial score (nSPS) is 10.8.